The maximum atomic E-state index is 14.5. The Morgan fingerprint density at radius 3 is 2.52 bits per heavy atom. The average molecular weight is 448 g/mol. The smallest absolute Gasteiger partial charge is 0.225 e. The number of halogens is 2. The Morgan fingerprint density at radius 1 is 1.00 bits per heavy atom. The van der Waals surface area contributed by atoms with Crippen LogP contribution in [0.5, 0.6) is 0 Å². The lowest BCUT2D eigenvalue weighted by Gasteiger charge is -2.38. The van der Waals surface area contributed by atoms with Gasteiger partial charge in [-0.15, -0.1) is 5.10 Å². The second-order valence-corrected chi connectivity index (χ2v) is 10.1. The molecule has 1 aromatic carbocycles. The molecular weight excluding hydrogens is 420 g/mol. The zero-order valence-corrected chi connectivity index (χ0v) is 19.0. The van der Waals surface area contributed by atoms with Gasteiger partial charge in [-0.2, -0.15) is 5.10 Å². The highest BCUT2D eigenvalue weighted by Crippen LogP contribution is 2.69. The Morgan fingerprint density at radius 2 is 1.76 bits per heavy atom. The van der Waals surface area contributed by atoms with Crippen molar-refractivity contribution in [3.63, 3.8) is 0 Å². The fourth-order valence-electron chi connectivity index (χ4n) is 6.59. The van der Waals surface area contributed by atoms with Crippen LogP contribution in [-0.2, 0) is 5.41 Å². The molecule has 3 heterocycles. The number of rotatable bonds is 3. The van der Waals surface area contributed by atoms with Gasteiger partial charge in [-0.25, -0.2) is 18.7 Å². The molecule has 1 saturated heterocycles. The highest BCUT2D eigenvalue weighted by Gasteiger charge is 2.65. The molecule has 7 heteroatoms. The Hall–Kier alpha value is -2.96. The Labute approximate surface area is 192 Å². The fourth-order valence-corrected chi connectivity index (χ4v) is 6.59. The van der Waals surface area contributed by atoms with Gasteiger partial charge in [0.25, 0.3) is 0 Å². The molecule has 2 atom stereocenters. The van der Waals surface area contributed by atoms with E-state index in [1.165, 1.54) is 24.6 Å². The molecule has 0 unspecified atom stereocenters. The van der Waals surface area contributed by atoms with Crippen LogP contribution >= 0.6 is 0 Å². The summed E-state index contributed by atoms with van der Waals surface area (Å²) < 4.78 is 28.9. The predicted molar refractivity (Wildman–Crippen MR) is 122 cm³/mol. The quantitative estimate of drug-likeness (QED) is 0.538. The summed E-state index contributed by atoms with van der Waals surface area (Å²) >= 11 is 0. The fraction of sp³-hybridized carbons (Fsp3) is 0.462. The van der Waals surface area contributed by atoms with Gasteiger partial charge in [-0.3, -0.25) is 0 Å². The molecule has 2 aromatic heterocycles. The SMILES string of the molecule is CC1(C)[C@H]2CC[C@@]1(c1ccnc(N3CCCCC3)n1)c1nnc(-c3c(F)cccc3F)cc12. The van der Waals surface area contributed by atoms with Crippen molar-refractivity contribution >= 4 is 5.95 Å². The van der Waals surface area contributed by atoms with E-state index in [1.54, 1.807) is 0 Å². The molecule has 2 aliphatic carbocycles. The zero-order valence-electron chi connectivity index (χ0n) is 19.0. The Balaban J connectivity index is 1.48. The molecule has 170 valence electrons. The highest BCUT2D eigenvalue weighted by atomic mass is 19.1. The van der Waals surface area contributed by atoms with Crippen LogP contribution in [-0.4, -0.2) is 33.3 Å². The lowest BCUT2D eigenvalue weighted by molar-refractivity contribution is 0.242. The standard InChI is InChI=1S/C26H27F2N5/c1-25(2)17-9-11-26(25,21-10-12-29-24(30-21)33-13-4-3-5-14-33)23-16(17)15-20(31-32-23)22-18(27)7-6-8-19(22)28/h6-8,10,12,15,17H,3-5,9,11,13-14H2,1-2H3/t17-,26+/m0/s1. The zero-order chi connectivity index (χ0) is 22.8. The van der Waals surface area contributed by atoms with Crippen LogP contribution in [0.25, 0.3) is 11.3 Å². The van der Waals surface area contributed by atoms with E-state index in [1.807, 2.05) is 18.3 Å². The second-order valence-electron chi connectivity index (χ2n) is 10.1. The number of hydrogen-bond donors (Lipinski definition) is 0. The van der Waals surface area contributed by atoms with Crippen LogP contribution < -0.4 is 4.90 Å². The van der Waals surface area contributed by atoms with E-state index in [0.29, 0.717) is 0 Å². The highest BCUT2D eigenvalue weighted by molar-refractivity contribution is 5.64. The minimum atomic E-state index is -0.622. The van der Waals surface area contributed by atoms with Crippen molar-refractivity contribution in [2.75, 3.05) is 18.0 Å². The van der Waals surface area contributed by atoms with Gasteiger partial charge in [0.05, 0.1) is 28.1 Å². The summed E-state index contributed by atoms with van der Waals surface area (Å²) in [6.45, 7) is 6.49. The molecule has 0 amide bonds. The summed E-state index contributed by atoms with van der Waals surface area (Å²) in [5.74, 6) is -0.232. The topological polar surface area (TPSA) is 54.8 Å². The van der Waals surface area contributed by atoms with E-state index < -0.39 is 11.6 Å². The van der Waals surface area contributed by atoms with Crippen LogP contribution in [0.2, 0.25) is 0 Å². The molecule has 5 nitrogen and oxygen atoms in total. The summed E-state index contributed by atoms with van der Waals surface area (Å²) in [5, 5.41) is 8.96. The number of anilines is 1. The van der Waals surface area contributed by atoms with Crippen LogP contribution in [0.15, 0.2) is 36.5 Å². The van der Waals surface area contributed by atoms with E-state index >= 15 is 0 Å². The molecule has 3 aliphatic rings. The minimum Gasteiger partial charge on any atom is -0.341 e. The van der Waals surface area contributed by atoms with Gasteiger partial charge in [0.15, 0.2) is 0 Å². The number of hydrogen-bond acceptors (Lipinski definition) is 5. The van der Waals surface area contributed by atoms with Crippen molar-refractivity contribution < 1.29 is 8.78 Å². The van der Waals surface area contributed by atoms with Crippen molar-refractivity contribution in [3.8, 4) is 11.3 Å². The van der Waals surface area contributed by atoms with E-state index in [-0.39, 0.29) is 28.0 Å². The van der Waals surface area contributed by atoms with E-state index in [4.69, 9.17) is 4.98 Å². The Bertz CT molecular complexity index is 1220. The average Bonchev–Trinajstić information content (AvgIpc) is 3.21. The molecule has 0 N–H and O–H groups in total. The largest absolute Gasteiger partial charge is 0.341 e. The Kier molecular flexibility index (Phi) is 4.55. The molecule has 3 aromatic rings. The molecule has 6 rings (SSSR count). The van der Waals surface area contributed by atoms with Gasteiger partial charge in [-0.05, 0) is 73.3 Å². The van der Waals surface area contributed by atoms with Gasteiger partial charge in [-0.1, -0.05) is 19.9 Å². The van der Waals surface area contributed by atoms with E-state index in [0.717, 1.165) is 61.7 Å². The van der Waals surface area contributed by atoms with Gasteiger partial charge < -0.3 is 4.90 Å². The maximum absolute atomic E-state index is 14.5. The first kappa shape index (κ1) is 20.6. The van der Waals surface area contributed by atoms with Crippen LogP contribution in [0, 0.1) is 17.0 Å². The van der Waals surface area contributed by atoms with E-state index in [2.05, 4.69) is 33.9 Å². The van der Waals surface area contributed by atoms with E-state index in [9.17, 15) is 8.78 Å². The lowest BCUT2D eigenvalue weighted by Crippen LogP contribution is -2.39. The monoisotopic (exact) mass is 447 g/mol. The normalized spacial score (nSPS) is 25.3. The molecule has 0 radical (unpaired) electrons. The van der Waals surface area contributed by atoms with Crippen molar-refractivity contribution in [1.82, 2.24) is 20.2 Å². The van der Waals surface area contributed by atoms with Crippen molar-refractivity contribution in [2.24, 2.45) is 5.41 Å². The molecular formula is C26H27F2N5. The number of nitrogens with zero attached hydrogens (tertiary/aromatic N) is 5. The van der Waals surface area contributed by atoms with Crippen molar-refractivity contribution in [1.29, 1.82) is 0 Å². The predicted octanol–water partition coefficient (Wildman–Crippen LogP) is 5.41. The first-order valence-corrected chi connectivity index (χ1v) is 11.8. The summed E-state index contributed by atoms with van der Waals surface area (Å²) in [6, 6.07) is 7.74. The first-order chi connectivity index (χ1) is 15.9. The number of fused-ring (bicyclic) bond motifs is 5. The van der Waals surface area contributed by atoms with Gasteiger partial charge >= 0.3 is 0 Å². The number of benzene rings is 1. The maximum Gasteiger partial charge on any atom is 0.225 e. The molecule has 1 saturated carbocycles. The van der Waals surface area contributed by atoms with Gasteiger partial charge in [0.1, 0.15) is 11.6 Å². The summed E-state index contributed by atoms with van der Waals surface area (Å²) in [5.41, 5.74) is 2.51. The third-order valence-electron chi connectivity index (χ3n) is 8.32. The summed E-state index contributed by atoms with van der Waals surface area (Å²) in [6.07, 6.45) is 7.35. The number of aromatic nitrogens is 4. The second kappa shape index (κ2) is 7.27. The molecule has 2 bridgehead atoms. The van der Waals surface area contributed by atoms with Crippen molar-refractivity contribution in [2.45, 2.75) is 57.3 Å². The summed E-state index contributed by atoms with van der Waals surface area (Å²) in [7, 11) is 0. The molecule has 1 aliphatic heterocycles. The third-order valence-corrected chi connectivity index (χ3v) is 8.32. The minimum absolute atomic E-state index is 0.114. The lowest BCUT2D eigenvalue weighted by atomic mass is 9.66. The van der Waals surface area contributed by atoms with Gasteiger partial charge in [0.2, 0.25) is 5.95 Å². The van der Waals surface area contributed by atoms with Crippen LogP contribution in [0.1, 0.15) is 68.8 Å². The first-order valence-electron chi connectivity index (χ1n) is 11.8. The molecule has 2 fully saturated rings. The third kappa shape index (κ3) is 2.80. The number of piperidine rings is 1. The van der Waals surface area contributed by atoms with Crippen LogP contribution in [0.3, 0.4) is 0 Å². The van der Waals surface area contributed by atoms with Crippen LogP contribution in [0.4, 0.5) is 14.7 Å². The molecule has 33 heavy (non-hydrogen) atoms. The van der Waals surface area contributed by atoms with Gasteiger partial charge in [0, 0.05) is 19.3 Å². The van der Waals surface area contributed by atoms with Crippen molar-refractivity contribution in [3.05, 3.63) is 65.1 Å². The summed E-state index contributed by atoms with van der Waals surface area (Å²) in [4.78, 5) is 11.9. The molecule has 0 spiro atoms.